The van der Waals surface area contributed by atoms with Crippen LogP contribution in [0.15, 0.2) is 47.4 Å². The molecule has 1 aliphatic heterocycles. The Balaban J connectivity index is 1.67. The first-order chi connectivity index (χ1) is 13.6. The molecule has 29 heavy (non-hydrogen) atoms. The average molecular weight is 447 g/mol. The molecule has 0 saturated carbocycles. The van der Waals surface area contributed by atoms with Gasteiger partial charge >= 0.3 is 6.18 Å². The first-order valence-corrected chi connectivity index (χ1v) is 10.6. The molecule has 0 unspecified atom stereocenters. The summed E-state index contributed by atoms with van der Waals surface area (Å²) in [5, 5.41) is 2.21. The molecule has 1 heterocycles. The number of anilines is 1. The number of hydrogen-bond donors (Lipinski definition) is 1. The van der Waals surface area contributed by atoms with Crippen LogP contribution in [0.3, 0.4) is 0 Å². The molecule has 1 fully saturated rings. The fourth-order valence-corrected chi connectivity index (χ4v) is 4.77. The molecule has 10 heteroatoms. The summed E-state index contributed by atoms with van der Waals surface area (Å²) in [5.74, 6) is -0.390. The molecule has 5 nitrogen and oxygen atoms in total. The quantitative estimate of drug-likeness (QED) is 0.666. The minimum absolute atomic E-state index is 0.100. The van der Waals surface area contributed by atoms with Crippen molar-refractivity contribution in [1.82, 2.24) is 4.31 Å². The summed E-state index contributed by atoms with van der Waals surface area (Å²) in [6.07, 6.45) is -2.96. The van der Waals surface area contributed by atoms with Crippen molar-refractivity contribution in [2.45, 2.75) is 23.9 Å². The summed E-state index contributed by atoms with van der Waals surface area (Å²) in [7, 11) is -3.57. The number of halogens is 4. The molecule has 156 valence electrons. The lowest BCUT2D eigenvalue weighted by molar-refractivity contribution is -0.137. The van der Waals surface area contributed by atoms with Crippen LogP contribution < -0.4 is 5.32 Å². The van der Waals surface area contributed by atoms with Crippen molar-refractivity contribution in [2.24, 2.45) is 0 Å². The molecule has 3 rings (SSSR count). The zero-order valence-electron chi connectivity index (χ0n) is 15.2. The van der Waals surface area contributed by atoms with Crippen molar-refractivity contribution in [3.05, 3.63) is 58.6 Å². The van der Waals surface area contributed by atoms with Gasteiger partial charge in [-0.25, -0.2) is 8.42 Å². The van der Waals surface area contributed by atoms with E-state index in [0.29, 0.717) is 13.1 Å². The second-order valence-corrected chi connectivity index (χ2v) is 8.95. The molecule has 1 aliphatic rings. The predicted molar refractivity (Wildman–Crippen MR) is 104 cm³/mol. The summed E-state index contributed by atoms with van der Waals surface area (Å²) in [6, 6.07) is 8.81. The lowest BCUT2D eigenvalue weighted by Crippen LogP contribution is -2.27. The SMILES string of the molecule is O=C(CNc1ccc(Cl)c(C(F)(F)F)c1)c1ccc(S(=O)(=O)N2CCCC2)cc1. The monoisotopic (exact) mass is 446 g/mol. The van der Waals surface area contributed by atoms with E-state index in [-0.39, 0.29) is 22.7 Å². The molecular weight excluding hydrogens is 429 g/mol. The minimum Gasteiger partial charge on any atom is -0.378 e. The molecule has 0 bridgehead atoms. The standard InChI is InChI=1S/C19H18ClF3N2O3S/c20-17-8-5-14(11-16(17)19(21,22)23)24-12-18(26)13-3-6-15(7-4-13)29(27,28)25-9-1-2-10-25/h3-8,11,24H,1-2,9-10,12H2. The highest BCUT2D eigenvalue weighted by Gasteiger charge is 2.33. The summed E-state index contributed by atoms with van der Waals surface area (Å²) in [5.41, 5.74) is -0.640. The van der Waals surface area contributed by atoms with Crippen LogP contribution >= 0.6 is 11.6 Å². The largest absolute Gasteiger partial charge is 0.417 e. The van der Waals surface area contributed by atoms with Gasteiger partial charge in [0.05, 0.1) is 22.0 Å². The molecule has 1 saturated heterocycles. The van der Waals surface area contributed by atoms with Crippen LogP contribution in [0.5, 0.6) is 0 Å². The Labute approximate surface area is 171 Å². The fourth-order valence-electron chi connectivity index (χ4n) is 3.03. The second-order valence-electron chi connectivity index (χ2n) is 6.60. The van der Waals surface area contributed by atoms with E-state index < -0.39 is 32.6 Å². The number of benzene rings is 2. The number of carbonyl (C=O) groups is 1. The Morgan fingerprint density at radius 1 is 1.07 bits per heavy atom. The van der Waals surface area contributed by atoms with Crippen LogP contribution in [0.1, 0.15) is 28.8 Å². The Hall–Kier alpha value is -2.10. The molecule has 0 spiro atoms. The van der Waals surface area contributed by atoms with Crippen molar-refractivity contribution in [2.75, 3.05) is 25.0 Å². The van der Waals surface area contributed by atoms with E-state index in [1.54, 1.807) is 0 Å². The predicted octanol–water partition coefficient (Wildman–Crippen LogP) is 4.44. The maximum atomic E-state index is 12.9. The van der Waals surface area contributed by atoms with E-state index in [9.17, 15) is 26.4 Å². The number of nitrogens with one attached hydrogen (secondary N) is 1. The maximum Gasteiger partial charge on any atom is 0.417 e. The van der Waals surface area contributed by atoms with Gasteiger partial charge in [0, 0.05) is 24.3 Å². The first-order valence-electron chi connectivity index (χ1n) is 8.83. The topological polar surface area (TPSA) is 66.5 Å². The van der Waals surface area contributed by atoms with Gasteiger partial charge in [0.25, 0.3) is 0 Å². The van der Waals surface area contributed by atoms with Crippen LogP contribution in [-0.4, -0.2) is 38.1 Å². The Morgan fingerprint density at radius 3 is 2.28 bits per heavy atom. The lowest BCUT2D eigenvalue weighted by atomic mass is 10.1. The van der Waals surface area contributed by atoms with Gasteiger partial charge in [-0.2, -0.15) is 17.5 Å². The van der Waals surface area contributed by atoms with Crippen LogP contribution in [0, 0.1) is 0 Å². The highest BCUT2D eigenvalue weighted by Crippen LogP contribution is 2.36. The van der Waals surface area contributed by atoms with Crippen molar-refractivity contribution < 1.29 is 26.4 Å². The average Bonchev–Trinajstić information content (AvgIpc) is 3.22. The van der Waals surface area contributed by atoms with Crippen molar-refractivity contribution in [3.8, 4) is 0 Å². The van der Waals surface area contributed by atoms with Gasteiger partial charge in [-0.15, -0.1) is 0 Å². The Bertz CT molecular complexity index is 1000. The lowest BCUT2D eigenvalue weighted by Gasteiger charge is -2.15. The van der Waals surface area contributed by atoms with Crippen molar-refractivity contribution in [1.29, 1.82) is 0 Å². The molecule has 2 aromatic rings. The highest BCUT2D eigenvalue weighted by molar-refractivity contribution is 7.89. The van der Waals surface area contributed by atoms with Crippen LogP contribution in [-0.2, 0) is 16.2 Å². The van der Waals surface area contributed by atoms with Gasteiger partial charge in [0.15, 0.2) is 5.78 Å². The van der Waals surface area contributed by atoms with Gasteiger partial charge in [-0.1, -0.05) is 11.6 Å². The number of carbonyl (C=O) groups excluding carboxylic acids is 1. The summed E-state index contributed by atoms with van der Waals surface area (Å²) >= 11 is 5.57. The number of rotatable bonds is 6. The summed E-state index contributed by atoms with van der Waals surface area (Å²) in [6.45, 7) is 0.707. The molecular formula is C19H18ClF3N2O3S. The van der Waals surface area contributed by atoms with Gasteiger partial charge in [-0.3, -0.25) is 4.79 Å². The van der Waals surface area contributed by atoms with E-state index in [1.165, 1.54) is 34.6 Å². The zero-order chi connectivity index (χ0) is 21.2. The summed E-state index contributed by atoms with van der Waals surface area (Å²) < 4.78 is 65.1. The van der Waals surface area contributed by atoms with Crippen LogP contribution in [0.4, 0.5) is 18.9 Å². The first kappa shape index (κ1) is 21.6. The minimum atomic E-state index is -4.60. The summed E-state index contributed by atoms with van der Waals surface area (Å²) in [4.78, 5) is 12.4. The van der Waals surface area contributed by atoms with E-state index >= 15 is 0 Å². The Morgan fingerprint density at radius 2 is 1.69 bits per heavy atom. The molecule has 2 aromatic carbocycles. The third-order valence-corrected chi connectivity index (χ3v) is 6.85. The normalized spacial score (nSPS) is 15.4. The number of alkyl halides is 3. The Kier molecular flexibility index (Phi) is 6.21. The molecule has 0 amide bonds. The van der Waals surface area contributed by atoms with Gasteiger partial charge in [0.1, 0.15) is 0 Å². The van der Waals surface area contributed by atoms with Gasteiger partial charge in [0.2, 0.25) is 10.0 Å². The maximum absolute atomic E-state index is 12.9. The van der Waals surface area contributed by atoms with E-state index in [0.717, 1.165) is 25.0 Å². The molecule has 1 N–H and O–H groups in total. The smallest absolute Gasteiger partial charge is 0.378 e. The number of ketones is 1. The molecule has 0 radical (unpaired) electrons. The molecule has 0 atom stereocenters. The van der Waals surface area contributed by atoms with Crippen molar-refractivity contribution in [3.63, 3.8) is 0 Å². The number of nitrogens with zero attached hydrogens (tertiary/aromatic N) is 1. The third kappa shape index (κ3) is 4.91. The van der Waals surface area contributed by atoms with Gasteiger partial charge in [-0.05, 0) is 55.3 Å². The number of hydrogen-bond acceptors (Lipinski definition) is 4. The van der Waals surface area contributed by atoms with E-state index in [1.807, 2.05) is 0 Å². The number of Topliss-reactive ketones (excluding diaryl/α,β-unsaturated/α-hetero) is 1. The highest BCUT2D eigenvalue weighted by atomic mass is 35.5. The van der Waals surface area contributed by atoms with Crippen LogP contribution in [0.2, 0.25) is 5.02 Å². The third-order valence-electron chi connectivity index (χ3n) is 4.60. The second kappa shape index (κ2) is 8.33. The van der Waals surface area contributed by atoms with Gasteiger partial charge < -0.3 is 5.32 Å². The van der Waals surface area contributed by atoms with E-state index in [2.05, 4.69) is 5.32 Å². The fraction of sp³-hybridized carbons (Fsp3) is 0.316. The number of sulfonamides is 1. The molecule has 0 aliphatic carbocycles. The van der Waals surface area contributed by atoms with Crippen LogP contribution in [0.25, 0.3) is 0 Å². The zero-order valence-corrected chi connectivity index (χ0v) is 16.7. The van der Waals surface area contributed by atoms with Crippen molar-refractivity contribution >= 4 is 33.1 Å². The van der Waals surface area contributed by atoms with E-state index in [4.69, 9.17) is 11.6 Å². The molecule has 0 aromatic heterocycles.